The minimum absolute atomic E-state index is 0.266. The molecule has 2 heterocycles. The number of nitrogens with zero attached hydrogens (tertiary/aromatic N) is 5. The van der Waals surface area contributed by atoms with Gasteiger partial charge in [-0.15, -0.1) is 10.2 Å². The Morgan fingerprint density at radius 1 is 1.03 bits per heavy atom. The average molecular weight is 448 g/mol. The normalized spacial score (nSPS) is 15.8. The molecule has 0 spiro atoms. The second-order valence-corrected chi connectivity index (χ2v) is 8.14. The largest absolute Gasteiger partial charge is 0.497 e. The Bertz CT molecular complexity index is 1010. The first kappa shape index (κ1) is 22.8. The average Bonchev–Trinajstić information content (AvgIpc) is 3.36. The van der Waals surface area contributed by atoms with Crippen molar-refractivity contribution in [2.24, 2.45) is 4.99 Å². The van der Waals surface area contributed by atoms with Crippen molar-refractivity contribution in [1.82, 2.24) is 30.3 Å². The number of hydrogen-bond acceptors (Lipinski definition) is 5. The summed E-state index contributed by atoms with van der Waals surface area (Å²) in [5, 5.41) is 15.3. The van der Waals surface area contributed by atoms with Gasteiger partial charge in [-0.25, -0.2) is 0 Å². The highest BCUT2D eigenvalue weighted by Gasteiger charge is 2.22. The van der Waals surface area contributed by atoms with Crippen molar-refractivity contribution in [3.05, 3.63) is 72.3 Å². The number of nitrogens with one attached hydrogen (secondary N) is 2. The Kier molecular flexibility index (Phi) is 7.92. The first-order chi connectivity index (χ1) is 16.3. The molecule has 0 radical (unpaired) electrons. The van der Waals surface area contributed by atoms with Gasteiger partial charge < -0.3 is 15.4 Å². The highest BCUT2D eigenvalue weighted by Crippen LogP contribution is 2.25. The molecule has 8 heteroatoms. The van der Waals surface area contributed by atoms with Gasteiger partial charge in [0, 0.05) is 19.3 Å². The first-order valence-electron chi connectivity index (χ1n) is 11.6. The number of benzene rings is 2. The topological polar surface area (TPSA) is 79.6 Å². The molecule has 1 aliphatic rings. The number of hydrogen-bond donors (Lipinski definition) is 2. The van der Waals surface area contributed by atoms with E-state index in [2.05, 4.69) is 42.9 Å². The van der Waals surface area contributed by atoms with E-state index in [0.29, 0.717) is 6.54 Å². The van der Waals surface area contributed by atoms with Crippen molar-refractivity contribution in [3.8, 4) is 11.4 Å². The van der Waals surface area contributed by atoms with E-state index in [1.54, 1.807) is 20.5 Å². The van der Waals surface area contributed by atoms with E-state index < -0.39 is 0 Å². The van der Waals surface area contributed by atoms with Crippen LogP contribution in [0.3, 0.4) is 0 Å². The molecule has 2 aromatic carbocycles. The van der Waals surface area contributed by atoms with E-state index in [4.69, 9.17) is 4.74 Å². The summed E-state index contributed by atoms with van der Waals surface area (Å²) in [4.78, 5) is 6.99. The Labute approximate surface area is 195 Å². The SMILES string of the molecule is CN=C(NCc1nncn1-c1ccccc1)NCC(c1ccc(OC)cc1)N1CCCCC1. The Hall–Kier alpha value is -3.39. The summed E-state index contributed by atoms with van der Waals surface area (Å²) in [6.45, 7) is 3.51. The Morgan fingerprint density at radius 3 is 2.48 bits per heavy atom. The Balaban J connectivity index is 1.41. The molecular weight excluding hydrogens is 414 g/mol. The maximum atomic E-state index is 5.35. The molecule has 1 aromatic heterocycles. The van der Waals surface area contributed by atoms with E-state index in [0.717, 1.165) is 42.9 Å². The fraction of sp³-hybridized carbons (Fsp3) is 0.400. The van der Waals surface area contributed by atoms with Crippen LogP contribution in [-0.4, -0.2) is 59.4 Å². The van der Waals surface area contributed by atoms with E-state index in [9.17, 15) is 0 Å². The summed E-state index contributed by atoms with van der Waals surface area (Å²) >= 11 is 0. The first-order valence-corrected chi connectivity index (χ1v) is 11.6. The van der Waals surface area contributed by atoms with Crippen molar-refractivity contribution >= 4 is 5.96 Å². The summed E-state index contributed by atoms with van der Waals surface area (Å²) in [7, 11) is 3.49. The zero-order valence-electron chi connectivity index (χ0n) is 19.4. The lowest BCUT2D eigenvalue weighted by molar-refractivity contribution is 0.164. The third-order valence-corrected chi connectivity index (χ3v) is 6.09. The molecule has 2 N–H and O–H groups in total. The van der Waals surface area contributed by atoms with Crippen LogP contribution >= 0.6 is 0 Å². The molecule has 1 saturated heterocycles. The van der Waals surface area contributed by atoms with Crippen LogP contribution in [0, 0.1) is 0 Å². The summed E-state index contributed by atoms with van der Waals surface area (Å²) < 4.78 is 7.33. The molecule has 174 valence electrons. The van der Waals surface area contributed by atoms with E-state index in [-0.39, 0.29) is 6.04 Å². The fourth-order valence-electron chi connectivity index (χ4n) is 4.27. The number of guanidine groups is 1. The summed E-state index contributed by atoms with van der Waals surface area (Å²) in [6.07, 6.45) is 5.53. The molecule has 0 bridgehead atoms. The number of aliphatic imine (C=N–C) groups is 1. The minimum Gasteiger partial charge on any atom is -0.497 e. The molecule has 3 aromatic rings. The molecular formula is C25H33N7O. The highest BCUT2D eigenvalue weighted by atomic mass is 16.5. The highest BCUT2D eigenvalue weighted by molar-refractivity contribution is 5.79. The van der Waals surface area contributed by atoms with Gasteiger partial charge in [0.05, 0.1) is 19.7 Å². The van der Waals surface area contributed by atoms with E-state index in [1.807, 2.05) is 47.0 Å². The van der Waals surface area contributed by atoms with Gasteiger partial charge in [0.2, 0.25) is 0 Å². The zero-order valence-corrected chi connectivity index (χ0v) is 19.4. The molecule has 33 heavy (non-hydrogen) atoms. The van der Waals surface area contributed by atoms with Crippen LogP contribution in [0.25, 0.3) is 5.69 Å². The predicted octanol–water partition coefficient (Wildman–Crippen LogP) is 3.17. The monoisotopic (exact) mass is 447 g/mol. The van der Waals surface area contributed by atoms with Gasteiger partial charge in [-0.2, -0.15) is 0 Å². The standard InChI is InChI=1S/C25H33N7O/c1-26-25(28-18-24-30-29-19-32(24)21-9-5-3-6-10-21)27-17-23(31-15-7-4-8-16-31)20-11-13-22(33-2)14-12-20/h3,5-6,9-14,19,23H,4,7-8,15-18H2,1-2H3,(H2,26,27,28). The number of methoxy groups -OCH3 is 1. The van der Waals surface area contributed by atoms with E-state index >= 15 is 0 Å². The smallest absolute Gasteiger partial charge is 0.191 e. The number of piperidine rings is 1. The second-order valence-electron chi connectivity index (χ2n) is 8.14. The van der Waals surface area contributed by atoms with Gasteiger partial charge in [-0.05, 0) is 55.8 Å². The summed E-state index contributed by atoms with van der Waals surface area (Å²) in [6, 6.07) is 18.8. The molecule has 1 atom stereocenters. The molecule has 4 rings (SSSR count). The van der Waals surface area contributed by atoms with Gasteiger partial charge in [0.15, 0.2) is 11.8 Å². The Morgan fingerprint density at radius 2 is 1.79 bits per heavy atom. The van der Waals surface area contributed by atoms with Crippen LogP contribution in [0.1, 0.15) is 36.7 Å². The number of aromatic nitrogens is 3. The third-order valence-electron chi connectivity index (χ3n) is 6.09. The summed E-state index contributed by atoms with van der Waals surface area (Å²) in [5.74, 6) is 2.45. The fourth-order valence-corrected chi connectivity index (χ4v) is 4.27. The number of ether oxygens (including phenoxy) is 1. The summed E-state index contributed by atoms with van der Waals surface area (Å²) in [5.41, 5.74) is 2.32. The van der Waals surface area contributed by atoms with Crippen molar-refractivity contribution in [1.29, 1.82) is 0 Å². The number of rotatable bonds is 8. The van der Waals surface area contributed by atoms with Crippen molar-refractivity contribution in [2.75, 3.05) is 33.8 Å². The lowest BCUT2D eigenvalue weighted by Gasteiger charge is -2.35. The minimum atomic E-state index is 0.266. The lowest BCUT2D eigenvalue weighted by Crippen LogP contribution is -2.44. The molecule has 8 nitrogen and oxygen atoms in total. The van der Waals surface area contributed by atoms with Gasteiger partial charge in [0.1, 0.15) is 12.1 Å². The number of para-hydroxylation sites is 1. The molecule has 0 saturated carbocycles. The van der Waals surface area contributed by atoms with Gasteiger partial charge in [-0.3, -0.25) is 14.5 Å². The van der Waals surface area contributed by atoms with Crippen molar-refractivity contribution < 1.29 is 4.74 Å². The van der Waals surface area contributed by atoms with Crippen LogP contribution in [0.2, 0.25) is 0 Å². The van der Waals surface area contributed by atoms with Crippen LogP contribution in [0.15, 0.2) is 65.9 Å². The maximum Gasteiger partial charge on any atom is 0.191 e. The molecule has 0 amide bonds. The molecule has 1 fully saturated rings. The maximum absolute atomic E-state index is 5.35. The van der Waals surface area contributed by atoms with E-state index in [1.165, 1.54) is 24.8 Å². The van der Waals surface area contributed by atoms with Gasteiger partial charge in [-0.1, -0.05) is 36.8 Å². The quantitative estimate of drug-likeness (QED) is 0.408. The third kappa shape index (κ3) is 5.90. The van der Waals surface area contributed by atoms with Crippen LogP contribution in [-0.2, 0) is 6.54 Å². The van der Waals surface area contributed by atoms with Crippen LogP contribution in [0.5, 0.6) is 5.75 Å². The zero-order chi connectivity index (χ0) is 22.9. The van der Waals surface area contributed by atoms with Crippen molar-refractivity contribution in [2.45, 2.75) is 31.8 Å². The number of likely N-dealkylation sites (tertiary alicyclic amines) is 1. The predicted molar refractivity (Wildman–Crippen MR) is 131 cm³/mol. The van der Waals surface area contributed by atoms with Gasteiger partial charge in [0.25, 0.3) is 0 Å². The van der Waals surface area contributed by atoms with Gasteiger partial charge >= 0.3 is 0 Å². The molecule has 0 aliphatic carbocycles. The molecule has 1 unspecified atom stereocenters. The van der Waals surface area contributed by atoms with Crippen LogP contribution in [0.4, 0.5) is 0 Å². The second kappa shape index (κ2) is 11.5. The van der Waals surface area contributed by atoms with Crippen LogP contribution < -0.4 is 15.4 Å². The molecule has 1 aliphatic heterocycles. The lowest BCUT2D eigenvalue weighted by atomic mass is 10.0. The van der Waals surface area contributed by atoms with Crippen molar-refractivity contribution in [3.63, 3.8) is 0 Å².